The van der Waals surface area contributed by atoms with Crippen LogP contribution in [0.15, 0.2) is 109 Å². The van der Waals surface area contributed by atoms with Crippen molar-refractivity contribution >= 4 is 85.0 Å². The third kappa shape index (κ3) is 2.95. The van der Waals surface area contributed by atoms with Crippen molar-refractivity contribution in [2.75, 3.05) is 0 Å². The van der Waals surface area contributed by atoms with Gasteiger partial charge in [-0.25, -0.2) is 9.97 Å². The van der Waals surface area contributed by atoms with E-state index in [-0.39, 0.29) is 0 Å². The van der Waals surface area contributed by atoms with E-state index < -0.39 is 0 Å². The SMILES string of the molecule is c1ccc(-c2nc(-n3c4c5ccccc5sc4c4sc5ccccc5c43)nc3ccc4ccccc4c23)nc1. The molecule has 0 aliphatic rings. The molecule has 0 aliphatic heterocycles. The Bertz CT molecular complexity index is 2310. The third-order valence-corrected chi connectivity index (χ3v) is 9.96. The largest absolute Gasteiger partial charge is 0.275 e. The number of benzene rings is 4. The number of hydrogen-bond acceptors (Lipinski definition) is 5. The van der Waals surface area contributed by atoms with Crippen LogP contribution in [0.25, 0.3) is 79.6 Å². The number of pyridine rings is 1. The maximum atomic E-state index is 5.34. The monoisotopic (exact) mass is 534 g/mol. The Kier molecular flexibility index (Phi) is 4.33. The number of aromatic nitrogens is 4. The number of thiophene rings is 2. The molecule has 4 aromatic carbocycles. The van der Waals surface area contributed by atoms with E-state index in [1.54, 1.807) is 0 Å². The van der Waals surface area contributed by atoms with Crippen LogP contribution >= 0.6 is 22.7 Å². The maximum Gasteiger partial charge on any atom is 0.235 e. The highest BCUT2D eigenvalue weighted by Gasteiger charge is 2.24. The zero-order valence-electron chi connectivity index (χ0n) is 20.5. The lowest BCUT2D eigenvalue weighted by Crippen LogP contribution is -2.04. The summed E-state index contributed by atoms with van der Waals surface area (Å²) in [6.45, 7) is 0. The van der Waals surface area contributed by atoms with E-state index in [9.17, 15) is 0 Å². The van der Waals surface area contributed by atoms with Crippen molar-refractivity contribution in [1.29, 1.82) is 0 Å². The first-order valence-electron chi connectivity index (χ1n) is 12.8. The molecule has 0 bridgehead atoms. The zero-order chi connectivity index (χ0) is 25.5. The second-order valence-corrected chi connectivity index (χ2v) is 11.8. The van der Waals surface area contributed by atoms with Crippen LogP contribution in [0.1, 0.15) is 0 Å². The molecule has 5 heterocycles. The van der Waals surface area contributed by atoms with Crippen LogP contribution in [-0.2, 0) is 0 Å². The van der Waals surface area contributed by atoms with Crippen molar-refractivity contribution in [3.63, 3.8) is 0 Å². The van der Waals surface area contributed by atoms with E-state index in [1.165, 1.54) is 40.6 Å². The van der Waals surface area contributed by atoms with E-state index in [0.717, 1.165) is 33.1 Å². The fraction of sp³-hybridized carbons (Fsp3) is 0. The van der Waals surface area contributed by atoms with Crippen molar-refractivity contribution in [3.8, 4) is 17.3 Å². The first-order chi connectivity index (χ1) is 19.3. The van der Waals surface area contributed by atoms with Crippen LogP contribution in [-0.4, -0.2) is 19.5 Å². The Hall–Kier alpha value is -4.65. The minimum atomic E-state index is 0.672. The smallest absolute Gasteiger partial charge is 0.235 e. The van der Waals surface area contributed by atoms with Crippen molar-refractivity contribution in [1.82, 2.24) is 19.5 Å². The van der Waals surface area contributed by atoms with E-state index in [4.69, 9.17) is 15.0 Å². The van der Waals surface area contributed by atoms with Gasteiger partial charge in [-0.15, -0.1) is 22.7 Å². The van der Waals surface area contributed by atoms with Crippen LogP contribution in [0.3, 0.4) is 0 Å². The highest BCUT2D eigenvalue weighted by Crippen LogP contribution is 2.48. The Labute approximate surface area is 230 Å². The lowest BCUT2D eigenvalue weighted by Gasteiger charge is -2.13. The predicted octanol–water partition coefficient (Wildman–Crippen LogP) is 9.37. The first-order valence-corrected chi connectivity index (χ1v) is 14.4. The van der Waals surface area contributed by atoms with Crippen molar-refractivity contribution < 1.29 is 0 Å². The Morgan fingerprint density at radius 3 is 1.90 bits per heavy atom. The van der Waals surface area contributed by atoms with Gasteiger partial charge in [-0.1, -0.05) is 72.8 Å². The second kappa shape index (κ2) is 7.93. The highest BCUT2D eigenvalue weighted by molar-refractivity contribution is 7.33. The van der Waals surface area contributed by atoms with Gasteiger partial charge in [0.15, 0.2) is 0 Å². The van der Waals surface area contributed by atoms with E-state index in [2.05, 4.69) is 89.5 Å². The quantitative estimate of drug-likeness (QED) is 0.208. The molecule has 0 amide bonds. The molecule has 0 N–H and O–H groups in total. The van der Waals surface area contributed by atoms with E-state index in [0.29, 0.717) is 5.95 Å². The molecule has 0 radical (unpaired) electrons. The summed E-state index contributed by atoms with van der Waals surface area (Å²) in [5, 5.41) is 5.78. The van der Waals surface area contributed by atoms with Crippen molar-refractivity contribution in [2.24, 2.45) is 0 Å². The Balaban J connectivity index is 1.50. The number of nitrogens with zero attached hydrogens (tertiary/aromatic N) is 4. The second-order valence-electron chi connectivity index (χ2n) is 9.66. The average molecular weight is 535 g/mol. The summed E-state index contributed by atoms with van der Waals surface area (Å²) in [4.78, 5) is 15.3. The molecular formula is C33H18N4S2. The average Bonchev–Trinajstić information content (AvgIpc) is 3.65. The summed E-state index contributed by atoms with van der Waals surface area (Å²) >= 11 is 3.70. The summed E-state index contributed by atoms with van der Waals surface area (Å²) in [6.07, 6.45) is 1.83. The lowest BCUT2D eigenvalue weighted by molar-refractivity contribution is 1.02. The summed E-state index contributed by atoms with van der Waals surface area (Å²) in [7, 11) is 0. The molecule has 0 unspecified atom stereocenters. The molecule has 0 aliphatic carbocycles. The van der Waals surface area contributed by atoms with Crippen LogP contribution in [0, 0.1) is 0 Å². The number of fused-ring (bicyclic) bond motifs is 10. The van der Waals surface area contributed by atoms with E-state index in [1.807, 2.05) is 47.1 Å². The fourth-order valence-corrected chi connectivity index (χ4v) is 8.31. The minimum absolute atomic E-state index is 0.672. The molecule has 6 heteroatoms. The minimum Gasteiger partial charge on any atom is -0.275 e. The molecule has 9 rings (SSSR count). The van der Waals surface area contributed by atoms with Gasteiger partial charge in [0.1, 0.15) is 5.69 Å². The summed E-state index contributed by atoms with van der Waals surface area (Å²) in [5.74, 6) is 0.672. The molecule has 0 spiro atoms. The Morgan fingerprint density at radius 1 is 0.564 bits per heavy atom. The van der Waals surface area contributed by atoms with Gasteiger partial charge in [-0.2, -0.15) is 0 Å². The molecule has 0 atom stereocenters. The topological polar surface area (TPSA) is 43.6 Å². The van der Waals surface area contributed by atoms with Crippen molar-refractivity contribution in [2.45, 2.75) is 0 Å². The van der Waals surface area contributed by atoms with Gasteiger partial charge in [-0.05, 0) is 41.1 Å². The highest BCUT2D eigenvalue weighted by atomic mass is 32.1. The molecule has 9 aromatic rings. The molecule has 5 aromatic heterocycles. The normalized spacial score (nSPS) is 12.1. The standard InChI is InChI=1S/C33H18N4S2/c1-2-10-20-19(9-1)16-17-23-27(20)28(24-13-7-8-18-34-24)36-33(35-23)37-29-21-11-3-5-14-25(21)38-31(29)32-30(37)22-12-4-6-15-26(22)39-32/h1-18H. The summed E-state index contributed by atoms with van der Waals surface area (Å²) in [5.41, 5.74) is 4.95. The van der Waals surface area contributed by atoms with Crippen LogP contribution in [0.4, 0.5) is 0 Å². The molecule has 0 fully saturated rings. The Morgan fingerprint density at radius 2 is 1.21 bits per heavy atom. The van der Waals surface area contributed by atoms with Gasteiger partial charge in [-0.3, -0.25) is 9.55 Å². The summed E-state index contributed by atoms with van der Waals surface area (Å²) < 4.78 is 7.41. The molecule has 0 saturated carbocycles. The predicted molar refractivity (Wildman–Crippen MR) is 165 cm³/mol. The molecular weight excluding hydrogens is 517 g/mol. The maximum absolute atomic E-state index is 5.34. The van der Waals surface area contributed by atoms with Crippen LogP contribution < -0.4 is 0 Å². The fourth-order valence-electron chi connectivity index (χ4n) is 5.81. The summed E-state index contributed by atoms with van der Waals surface area (Å²) in [6, 6.07) is 36.0. The lowest BCUT2D eigenvalue weighted by atomic mass is 10.0. The van der Waals surface area contributed by atoms with Crippen molar-refractivity contribution in [3.05, 3.63) is 109 Å². The van der Waals surface area contributed by atoms with Gasteiger partial charge in [0.25, 0.3) is 0 Å². The van der Waals surface area contributed by atoms with Gasteiger partial charge in [0.05, 0.1) is 31.6 Å². The zero-order valence-corrected chi connectivity index (χ0v) is 22.1. The van der Waals surface area contributed by atoms with Gasteiger partial charge >= 0.3 is 0 Å². The van der Waals surface area contributed by atoms with E-state index >= 15 is 0 Å². The van der Waals surface area contributed by atoms with Crippen LogP contribution in [0.2, 0.25) is 0 Å². The van der Waals surface area contributed by atoms with Gasteiger partial charge < -0.3 is 0 Å². The molecule has 0 saturated heterocycles. The number of hydrogen-bond donors (Lipinski definition) is 0. The molecule has 39 heavy (non-hydrogen) atoms. The molecule has 4 nitrogen and oxygen atoms in total. The van der Waals surface area contributed by atoms with Gasteiger partial charge in [0, 0.05) is 31.8 Å². The molecule has 182 valence electrons. The third-order valence-electron chi connectivity index (χ3n) is 7.48. The number of rotatable bonds is 2. The first kappa shape index (κ1) is 21.3. The van der Waals surface area contributed by atoms with Gasteiger partial charge in [0.2, 0.25) is 5.95 Å². The van der Waals surface area contributed by atoms with Crippen LogP contribution in [0.5, 0.6) is 0 Å².